The Kier molecular flexibility index (Phi) is 11.5. The molecule has 0 aromatic heterocycles. The summed E-state index contributed by atoms with van der Waals surface area (Å²) in [4.78, 5) is 4.52. The van der Waals surface area contributed by atoms with Gasteiger partial charge >= 0.3 is 0 Å². The number of nitrogens with zero attached hydrogens (tertiary/aromatic N) is 2. The van der Waals surface area contributed by atoms with Gasteiger partial charge in [-0.1, -0.05) is 27.7 Å². The lowest BCUT2D eigenvalue weighted by Gasteiger charge is -2.17. The maximum Gasteiger partial charge on any atom is 0.0128 e. The first-order valence-electron chi connectivity index (χ1n) is 6.85. The van der Waals surface area contributed by atoms with E-state index in [1.165, 1.54) is 12.8 Å². The molecule has 0 amide bonds. The molecule has 1 aliphatic heterocycles. The van der Waals surface area contributed by atoms with E-state index >= 15 is 0 Å². The van der Waals surface area contributed by atoms with Crippen LogP contribution >= 0.6 is 0 Å². The zero-order chi connectivity index (χ0) is 13.3. The van der Waals surface area contributed by atoms with E-state index in [9.17, 15) is 0 Å². The molecular weight excluding hydrogens is 196 g/mol. The third kappa shape index (κ3) is 7.24. The van der Waals surface area contributed by atoms with Crippen LogP contribution in [0.15, 0.2) is 0 Å². The summed E-state index contributed by atoms with van der Waals surface area (Å²) in [5.41, 5.74) is 0. The van der Waals surface area contributed by atoms with Crippen LogP contribution in [0.25, 0.3) is 0 Å². The van der Waals surface area contributed by atoms with Crippen LogP contribution in [0.4, 0.5) is 0 Å². The molecule has 0 radical (unpaired) electrons. The minimum atomic E-state index is 0.874. The molecule has 16 heavy (non-hydrogen) atoms. The molecule has 100 valence electrons. The van der Waals surface area contributed by atoms with Crippen molar-refractivity contribution in [2.75, 3.05) is 28.2 Å². The second-order valence-electron chi connectivity index (χ2n) is 4.65. The van der Waals surface area contributed by atoms with Gasteiger partial charge in [0.15, 0.2) is 0 Å². The molecule has 0 aromatic rings. The van der Waals surface area contributed by atoms with Gasteiger partial charge in [-0.05, 0) is 53.9 Å². The molecule has 0 bridgehead atoms. The Labute approximate surface area is 104 Å². The van der Waals surface area contributed by atoms with E-state index in [-0.39, 0.29) is 0 Å². The summed E-state index contributed by atoms with van der Waals surface area (Å²) in [5, 5.41) is 0. The van der Waals surface area contributed by atoms with Crippen LogP contribution in [0.1, 0.15) is 47.5 Å². The highest BCUT2D eigenvalue weighted by Crippen LogP contribution is 2.46. The number of hydrogen-bond donors (Lipinski definition) is 0. The van der Waals surface area contributed by atoms with Gasteiger partial charge in [-0.2, -0.15) is 0 Å². The van der Waals surface area contributed by atoms with Gasteiger partial charge in [-0.3, -0.25) is 0 Å². The first-order chi connectivity index (χ1) is 7.52. The predicted molar refractivity (Wildman–Crippen MR) is 76.0 cm³/mol. The van der Waals surface area contributed by atoms with Crippen molar-refractivity contribution in [1.29, 1.82) is 0 Å². The maximum absolute atomic E-state index is 2.52. The van der Waals surface area contributed by atoms with Gasteiger partial charge in [-0.25, -0.2) is 0 Å². The molecule has 3 unspecified atom stereocenters. The molecule has 2 fully saturated rings. The lowest BCUT2D eigenvalue weighted by Crippen LogP contribution is -2.25. The van der Waals surface area contributed by atoms with Crippen molar-refractivity contribution in [3.63, 3.8) is 0 Å². The van der Waals surface area contributed by atoms with Crippen molar-refractivity contribution < 1.29 is 0 Å². The largest absolute Gasteiger partial charge is 0.312 e. The van der Waals surface area contributed by atoms with Crippen molar-refractivity contribution in [2.45, 2.75) is 59.5 Å². The SMILES string of the molecule is CC.CC.CC1CC2CC2N1C.CN(C)C. The van der Waals surface area contributed by atoms with Gasteiger partial charge in [0.25, 0.3) is 0 Å². The fourth-order valence-corrected chi connectivity index (χ4v) is 1.92. The Morgan fingerprint density at radius 2 is 1.31 bits per heavy atom. The molecule has 0 spiro atoms. The molecule has 1 saturated carbocycles. The molecule has 1 saturated heterocycles. The summed E-state index contributed by atoms with van der Waals surface area (Å²) >= 11 is 0. The summed E-state index contributed by atoms with van der Waals surface area (Å²) < 4.78 is 0. The highest BCUT2D eigenvalue weighted by Gasteiger charge is 2.48. The van der Waals surface area contributed by atoms with Crippen molar-refractivity contribution >= 4 is 0 Å². The first kappa shape index (κ1) is 18.3. The molecule has 1 heterocycles. The van der Waals surface area contributed by atoms with Crippen molar-refractivity contribution in [2.24, 2.45) is 5.92 Å². The average Bonchev–Trinajstić information content (AvgIpc) is 2.95. The lowest BCUT2D eigenvalue weighted by atomic mass is 10.2. The third-order valence-electron chi connectivity index (χ3n) is 2.75. The lowest BCUT2D eigenvalue weighted by molar-refractivity contribution is 0.286. The van der Waals surface area contributed by atoms with Crippen LogP contribution in [-0.2, 0) is 0 Å². The molecule has 2 aliphatic rings. The van der Waals surface area contributed by atoms with Gasteiger partial charge in [-0.15, -0.1) is 0 Å². The molecule has 2 nitrogen and oxygen atoms in total. The number of fused-ring (bicyclic) bond motifs is 1. The van der Waals surface area contributed by atoms with Crippen LogP contribution in [0.2, 0.25) is 0 Å². The maximum atomic E-state index is 2.52. The Hall–Kier alpha value is -0.0800. The zero-order valence-corrected chi connectivity index (χ0v) is 13.0. The predicted octanol–water partition coefficient (Wildman–Crippen LogP) is 3.33. The van der Waals surface area contributed by atoms with Crippen LogP contribution in [0.5, 0.6) is 0 Å². The number of piperidine rings is 1. The summed E-state index contributed by atoms with van der Waals surface area (Å²) in [7, 11) is 8.25. The highest BCUT2D eigenvalue weighted by atomic mass is 15.2. The normalized spacial score (nSPS) is 30.0. The summed E-state index contributed by atoms with van der Waals surface area (Å²) in [6.45, 7) is 10.3. The Bertz CT molecular complexity index is 141. The van der Waals surface area contributed by atoms with Crippen LogP contribution in [-0.4, -0.2) is 50.1 Å². The fraction of sp³-hybridized carbons (Fsp3) is 1.00. The quantitative estimate of drug-likeness (QED) is 0.630. The Morgan fingerprint density at radius 3 is 1.44 bits per heavy atom. The standard InChI is InChI=1S/C7H13N.C3H9N.2C2H6/c1-5-3-6-4-7(6)8(5)2;1-4(2)3;2*1-2/h5-7H,3-4H2,1-2H3;1-3H3;2*1-2H3. The van der Waals surface area contributed by atoms with E-state index in [4.69, 9.17) is 0 Å². The van der Waals surface area contributed by atoms with Crippen molar-refractivity contribution in [3.05, 3.63) is 0 Å². The number of rotatable bonds is 0. The Balaban J connectivity index is 0. The van der Waals surface area contributed by atoms with E-state index in [2.05, 4.69) is 18.9 Å². The van der Waals surface area contributed by atoms with E-state index < -0.39 is 0 Å². The van der Waals surface area contributed by atoms with Gasteiger partial charge in [0.1, 0.15) is 0 Å². The summed E-state index contributed by atoms with van der Waals surface area (Å²) in [6.07, 6.45) is 2.95. The van der Waals surface area contributed by atoms with Crippen molar-refractivity contribution in [3.8, 4) is 0 Å². The van der Waals surface area contributed by atoms with Gasteiger partial charge < -0.3 is 9.80 Å². The molecule has 0 N–H and O–H groups in total. The number of likely N-dealkylation sites (tertiary alicyclic amines) is 1. The van der Waals surface area contributed by atoms with Gasteiger partial charge in [0, 0.05) is 12.1 Å². The van der Waals surface area contributed by atoms with E-state index in [1.807, 2.05) is 53.7 Å². The Morgan fingerprint density at radius 1 is 0.938 bits per heavy atom. The topological polar surface area (TPSA) is 6.48 Å². The second-order valence-corrected chi connectivity index (χ2v) is 4.65. The van der Waals surface area contributed by atoms with E-state index in [0.29, 0.717) is 0 Å². The monoisotopic (exact) mass is 230 g/mol. The zero-order valence-electron chi connectivity index (χ0n) is 13.0. The molecular formula is C14H34N2. The van der Waals surface area contributed by atoms with Crippen LogP contribution in [0.3, 0.4) is 0 Å². The average molecular weight is 230 g/mol. The molecule has 3 atom stereocenters. The summed E-state index contributed by atoms with van der Waals surface area (Å²) in [5.74, 6) is 1.09. The van der Waals surface area contributed by atoms with Crippen molar-refractivity contribution in [1.82, 2.24) is 9.80 Å². The van der Waals surface area contributed by atoms with Gasteiger partial charge in [0.05, 0.1) is 0 Å². The molecule has 2 rings (SSSR count). The number of hydrogen-bond acceptors (Lipinski definition) is 2. The minimum Gasteiger partial charge on any atom is -0.312 e. The van der Waals surface area contributed by atoms with E-state index in [1.54, 1.807) is 0 Å². The van der Waals surface area contributed by atoms with E-state index in [0.717, 1.165) is 18.0 Å². The van der Waals surface area contributed by atoms with Gasteiger partial charge in [0.2, 0.25) is 0 Å². The van der Waals surface area contributed by atoms with Crippen LogP contribution in [0, 0.1) is 5.92 Å². The summed E-state index contributed by atoms with van der Waals surface area (Å²) in [6, 6.07) is 1.86. The third-order valence-corrected chi connectivity index (χ3v) is 2.75. The van der Waals surface area contributed by atoms with Crippen LogP contribution < -0.4 is 0 Å². The minimum absolute atomic E-state index is 0.874. The first-order valence-corrected chi connectivity index (χ1v) is 6.85. The smallest absolute Gasteiger partial charge is 0.0128 e. The highest BCUT2D eigenvalue weighted by molar-refractivity contribution is 5.02. The molecule has 1 aliphatic carbocycles. The molecule has 0 aromatic carbocycles. The fourth-order valence-electron chi connectivity index (χ4n) is 1.92. The second kappa shape index (κ2) is 10.1. The molecule has 2 heteroatoms.